The fourth-order valence-corrected chi connectivity index (χ4v) is 2.70. The number of amides is 4. The second-order valence-electron chi connectivity index (χ2n) is 7.79. The first kappa shape index (κ1) is 22.9. The van der Waals surface area contributed by atoms with E-state index < -0.39 is 23.6 Å². The van der Waals surface area contributed by atoms with Gasteiger partial charge in [0, 0.05) is 5.56 Å². The number of aryl methyl sites for hydroxylation is 2. The van der Waals surface area contributed by atoms with Gasteiger partial charge in [-0.25, -0.2) is 15.0 Å². The maximum absolute atomic E-state index is 12.9. The SMILES string of the molecule is CCc1cccc(C(=O)NC(=O)N(NC(=O)OC(C)(C)C)c2cccc(CC)c2)c1. The molecule has 30 heavy (non-hydrogen) atoms. The molecule has 0 aromatic heterocycles. The predicted octanol–water partition coefficient (Wildman–Crippen LogP) is 4.61. The maximum atomic E-state index is 12.9. The number of imide groups is 1. The molecule has 0 atom stereocenters. The second-order valence-corrected chi connectivity index (χ2v) is 7.79. The van der Waals surface area contributed by atoms with E-state index in [0.717, 1.165) is 29.0 Å². The molecule has 0 saturated carbocycles. The van der Waals surface area contributed by atoms with Crippen LogP contribution in [0.4, 0.5) is 15.3 Å². The Morgan fingerprint density at radius 1 is 0.933 bits per heavy atom. The average Bonchev–Trinajstić information content (AvgIpc) is 2.70. The number of ether oxygens (including phenoxy) is 1. The van der Waals surface area contributed by atoms with E-state index in [9.17, 15) is 14.4 Å². The molecule has 0 fully saturated rings. The van der Waals surface area contributed by atoms with Gasteiger partial charge in [-0.3, -0.25) is 10.1 Å². The van der Waals surface area contributed by atoms with Crippen LogP contribution < -0.4 is 15.8 Å². The molecule has 2 rings (SSSR count). The smallest absolute Gasteiger partial charge is 0.427 e. The first-order chi connectivity index (χ1) is 14.1. The van der Waals surface area contributed by atoms with E-state index in [4.69, 9.17) is 4.74 Å². The van der Waals surface area contributed by atoms with Crippen LogP contribution in [-0.2, 0) is 17.6 Å². The number of hydrogen-bond donors (Lipinski definition) is 2. The third kappa shape index (κ3) is 6.62. The second kappa shape index (κ2) is 9.91. The van der Waals surface area contributed by atoms with E-state index in [1.807, 2.05) is 26.0 Å². The number of rotatable bonds is 4. The first-order valence-electron chi connectivity index (χ1n) is 9.96. The minimum Gasteiger partial charge on any atom is -0.443 e. The minimum atomic E-state index is -0.806. The highest BCUT2D eigenvalue weighted by Gasteiger charge is 2.24. The summed E-state index contributed by atoms with van der Waals surface area (Å²) < 4.78 is 5.26. The average molecular weight is 412 g/mol. The number of nitrogens with zero attached hydrogens (tertiary/aromatic N) is 1. The Morgan fingerprint density at radius 3 is 2.13 bits per heavy atom. The van der Waals surface area contributed by atoms with Crippen LogP contribution in [0.2, 0.25) is 0 Å². The van der Waals surface area contributed by atoms with Gasteiger partial charge in [-0.1, -0.05) is 38.1 Å². The molecule has 2 aromatic rings. The molecule has 0 bridgehead atoms. The van der Waals surface area contributed by atoms with Gasteiger partial charge >= 0.3 is 12.1 Å². The van der Waals surface area contributed by atoms with Crippen LogP contribution in [0.25, 0.3) is 0 Å². The minimum absolute atomic E-state index is 0.363. The number of benzene rings is 2. The van der Waals surface area contributed by atoms with Crippen LogP contribution in [0.5, 0.6) is 0 Å². The highest BCUT2D eigenvalue weighted by Crippen LogP contribution is 2.17. The third-order valence-electron chi connectivity index (χ3n) is 4.20. The van der Waals surface area contributed by atoms with Gasteiger partial charge in [0.25, 0.3) is 5.91 Å². The standard InChI is InChI=1S/C23H29N3O4/c1-6-16-10-8-12-18(14-16)20(27)24-21(28)26(25-22(29)30-23(3,4)5)19-13-9-11-17(7-2)15-19/h8-15H,6-7H2,1-5H3,(H,25,29)(H,24,27,28). The Morgan fingerprint density at radius 2 is 1.53 bits per heavy atom. The summed E-state index contributed by atoms with van der Waals surface area (Å²) in [5.74, 6) is -0.557. The van der Waals surface area contributed by atoms with Crippen molar-refractivity contribution in [3.05, 3.63) is 65.2 Å². The molecule has 2 aromatic carbocycles. The van der Waals surface area contributed by atoms with E-state index in [0.29, 0.717) is 11.3 Å². The highest BCUT2D eigenvalue weighted by atomic mass is 16.6. The lowest BCUT2D eigenvalue weighted by molar-refractivity contribution is 0.0523. The van der Waals surface area contributed by atoms with Gasteiger partial charge in [0.15, 0.2) is 0 Å². The topological polar surface area (TPSA) is 87.7 Å². The maximum Gasteiger partial charge on any atom is 0.427 e. The molecular formula is C23H29N3O4. The Labute approximate surface area is 177 Å². The summed E-state index contributed by atoms with van der Waals surface area (Å²) >= 11 is 0. The van der Waals surface area contributed by atoms with E-state index in [2.05, 4.69) is 10.7 Å². The highest BCUT2D eigenvalue weighted by molar-refractivity contribution is 6.09. The molecule has 0 aliphatic heterocycles. The summed E-state index contributed by atoms with van der Waals surface area (Å²) in [4.78, 5) is 37.8. The molecule has 160 valence electrons. The van der Waals surface area contributed by atoms with E-state index in [-0.39, 0.29) is 0 Å². The fourth-order valence-electron chi connectivity index (χ4n) is 2.70. The number of hydrazine groups is 1. The lowest BCUT2D eigenvalue weighted by atomic mass is 10.1. The number of carbonyl (C=O) groups excluding carboxylic acids is 3. The Kier molecular flexibility index (Phi) is 7.58. The molecule has 0 saturated heterocycles. The zero-order chi connectivity index (χ0) is 22.3. The van der Waals surface area contributed by atoms with Crippen LogP contribution in [0.1, 0.15) is 56.1 Å². The Hall–Kier alpha value is -3.35. The van der Waals surface area contributed by atoms with Crippen molar-refractivity contribution in [3.63, 3.8) is 0 Å². The summed E-state index contributed by atoms with van der Waals surface area (Å²) in [6, 6.07) is 13.4. The van der Waals surface area contributed by atoms with E-state index >= 15 is 0 Å². The largest absolute Gasteiger partial charge is 0.443 e. The van der Waals surface area contributed by atoms with Gasteiger partial charge in [0.05, 0.1) is 5.69 Å². The number of anilines is 1. The monoisotopic (exact) mass is 411 g/mol. The summed E-state index contributed by atoms with van der Waals surface area (Å²) in [6.07, 6.45) is 0.712. The summed E-state index contributed by atoms with van der Waals surface area (Å²) in [6.45, 7) is 9.13. The molecule has 2 N–H and O–H groups in total. The summed E-state index contributed by atoms with van der Waals surface area (Å²) in [5.41, 5.74) is 4.41. The van der Waals surface area contributed by atoms with Crippen molar-refractivity contribution in [2.24, 2.45) is 0 Å². The van der Waals surface area contributed by atoms with Crippen molar-refractivity contribution in [2.45, 2.75) is 53.1 Å². The van der Waals surface area contributed by atoms with Crippen molar-refractivity contribution in [1.82, 2.24) is 10.7 Å². The lowest BCUT2D eigenvalue weighted by Crippen LogP contribution is -2.53. The molecule has 4 amide bonds. The van der Waals surface area contributed by atoms with E-state index in [1.165, 1.54) is 0 Å². The Bertz CT molecular complexity index is 919. The molecule has 0 heterocycles. The lowest BCUT2D eigenvalue weighted by Gasteiger charge is -2.26. The van der Waals surface area contributed by atoms with Crippen molar-refractivity contribution < 1.29 is 19.1 Å². The van der Waals surface area contributed by atoms with Crippen LogP contribution in [-0.4, -0.2) is 23.6 Å². The number of urea groups is 1. The normalized spacial score (nSPS) is 10.8. The zero-order valence-electron chi connectivity index (χ0n) is 18.1. The first-order valence-corrected chi connectivity index (χ1v) is 9.96. The van der Waals surface area contributed by atoms with Gasteiger partial charge in [0.2, 0.25) is 0 Å². The van der Waals surface area contributed by atoms with Gasteiger partial charge in [0.1, 0.15) is 5.60 Å². The van der Waals surface area contributed by atoms with Crippen LogP contribution in [0.15, 0.2) is 48.5 Å². The summed E-state index contributed by atoms with van der Waals surface area (Å²) in [7, 11) is 0. The number of hydrogen-bond acceptors (Lipinski definition) is 4. The van der Waals surface area contributed by atoms with E-state index in [1.54, 1.807) is 57.2 Å². The third-order valence-corrected chi connectivity index (χ3v) is 4.20. The molecule has 0 unspecified atom stereocenters. The van der Waals surface area contributed by atoms with Crippen LogP contribution in [0, 0.1) is 0 Å². The van der Waals surface area contributed by atoms with Gasteiger partial charge in [-0.05, 0) is 69.0 Å². The van der Waals surface area contributed by atoms with Gasteiger partial charge in [-0.15, -0.1) is 0 Å². The van der Waals surface area contributed by atoms with Crippen molar-refractivity contribution in [1.29, 1.82) is 0 Å². The molecule has 0 aliphatic carbocycles. The molecule has 0 aliphatic rings. The van der Waals surface area contributed by atoms with Crippen LogP contribution in [0.3, 0.4) is 0 Å². The van der Waals surface area contributed by atoms with Crippen molar-refractivity contribution in [2.75, 3.05) is 5.01 Å². The quantitative estimate of drug-likeness (QED) is 0.720. The number of carbonyl (C=O) groups is 3. The molecule has 0 spiro atoms. The summed E-state index contributed by atoms with van der Waals surface area (Å²) in [5, 5.41) is 3.31. The van der Waals surface area contributed by atoms with Gasteiger partial charge < -0.3 is 4.74 Å². The number of nitrogens with one attached hydrogen (secondary N) is 2. The predicted molar refractivity (Wildman–Crippen MR) is 116 cm³/mol. The molecule has 0 radical (unpaired) electrons. The fraction of sp³-hybridized carbons (Fsp3) is 0.348. The van der Waals surface area contributed by atoms with Gasteiger partial charge in [-0.2, -0.15) is 5.01 Å². The van der Waals surface area contributed by atoms with Crippen molar-refractivity contribution in [3.8, 4) is 0 Å². The molecule has 7 nitrogen and oxygen atoms in total. The zero-order valence-corrected chi connectivity index (χ0v) is 18.1. The molecule has 7 heteroatoms. The van der Waals surface area contributed by atoms with Crippen LogP contribution >= 0.6 is 0 Å². The Balaban J connectivity index is 2.26. The molecular weight excluding hydrogens is 382 g/mol. The van der Waals surface area contributed by atoms with Crippen molar-refractivity contribution >= 4 is 23.7 Å².